The highest BCUT2D eigenvalue weighted by Gasteiger charge is 2.06. The van der Waals surface area contributed by atoms with E-state index in [1.165, 1.54) is 0 Å². The van der Waals surface area contributed by atoms with Crippen LogP contribution in [0.5, 0.6) is 0 Å². The summed E-state index contributed by atoms with van der Waals surface area (Å²) in [6, 6.07) is 9.34. The molecule has 2 aromatic rings. The Morgan fingerprint density at radius 2 is 1.81 bits per heavy atom. The number of rotatable bonds is 6. The van der Waals surface area contributed by atoms with Crippen LogP contribution in [0, 0.1) is 0 Å². The quantitative estimate of drug-likeness (QED) is 0.624. The van der Waals surface area contributed by atoms with Gasteiger partial charge in [-0.3, -0.25) is 0 Å². The Morgan fingerprint density at radius 1 is 1.05 bits per heavy atom. The molecule has 1 aromatic heterocycles. The first-order valence-corrected chi connectivity index (χ1v) is 8.69. The Labute approximate surface area is 144 Å². The molecule has 0 atom stereocenters. The van der Waals surface area contributed by atoms with Crippen LogP contribution in [0.15, 0.2) is 35.2 Å². The van der Waals surface area contributed by atoms with Gasteiger partial charge in [0.25, 0.3) is 0 Å². The predicted molar refractivity (Wildman–Crippen MR) is 94.1 cm³/mol. The number of benzene rings is 1. The number of thioether (sulfide) groups is 1. The van der Waals surface area contributed by atoms with Crippen LogP contribution in [-0.4, -0.2) is 11.5 Å². The molecule has 0 unspecified atom stereocenters. The predicted octanol–water partition coefficient (Wildman–Crippen LogP) is 6.16. The molecular weight excluding hydrogens is 347 g/mol. The summed E-state index contributed by atoms with van der Waals surface area (Å²) in [6.45, 7) is 3.01. The van der Waals surface area contributed by atoms with Gasteiger partial charge in [0.2, 0.25) is 0 Å². The fourth-order valence-corrected chi connectivity index (χ4v) is 3.16. The Hall–Kier alpha value is -0.610. The molecule has 2 nitrogen and oxygen atoms in total. The van der Waals surface area contributed by atoms with Crippen LogP contribution < -0.4 is 5.32 Å². The van der Waals surface area contributed by atoms with Gasteiger partial charge in [0.15, 0.2) is 0 Å². The number of hydrogen-bond donors (Lipinski definition) is 1. The zero-order chi connectivity index (χ0) is 15.2. The molecule has 0 spiro atoms. The molecule has 1 heterocycles. The van der Waals surface area contributed by atoms with Gasteiger partial charge in [-0.1, -0.05) is 41.7 Å². The Bertz CT molecular complexity index is 620. The molecule has 0 bridgehead atoms. The summed E-state index contributed by atoms with van der Waals surface area (Å²) < 4.78 is 0. The van der Waals surface area contributed by atoms with Crippen LogP contribution in [0.2, 0.25) is 15.1 Å². The lowest BCUT2D eigenvalue weighted by molar-refractivity contribution is 0.965. The molecule has 0 radical (unpaired) electrons. The number of anilines is 1. The van der Waals surface area contributed by atoms with E-state index in [4.69, 9.17) is 34.8 Å². The van der Waals surface area contributed by atoms with Crippen molar-refractivity contribution in [2.45, 2.75) is 24.0 Å². The first-order chi connectivity index (χ1) is 10.1. The molecule has 1 aromatic carbocycles. The lowest BCUT2D eigenvalue weighted by Gasteiger charge is -2.08. The van der Waals surface area contributed by atoms with Crippen LogP contribution >= 0.6 is 46.6 Å². The van der Waals surface area contributed by atoms with Crippen LogP contribution in [0.1, 0.15) is 19.0 Å². The van der Waals surface area contributed by atoms with Crippen LogP contribution in [0.25, 0.3) is 0 Å². The highest BCUT2D eigenvalue weighted by molar-refractivity contribution is 7.98. The van der Waals surface area contributed by atoms with Gasteiger partial charge in [0, 0.05) is 17.2 Å². The third-order valence-corrected chi connectivity index (χ3v) is 4.83. The maximum absolute atomic E-state index is 6.20. The summed E-state index contributed by atoms with van der Waals surface area (Å²) in [5.41, 5.74) is 0.855. The standard InChI is InChI=1S/C15H15Cl3N2S/c1-2-7-19-15-6-5-12(17)14(20-15)9-21-10-3-4-11(16)13(18)8-10/h3-6,8H,2,7,9H2,1H3,(H,19,20). The van der Waals surface area contributed by atoms with E-state index in [0.717, 1.165) is 29.4 Å². The first-order valence-electron chi connectivity index (χ1n) is 6.57. The normalized spacial score (nSPS) is 10.7. The third-order valence-electron chi connectivity index (χ3n) is 2.74. The van der Waals surface area contributed by atoms with E-state index in [1.807, 2.05) is 24.3 Å². The van der Waals surface area contributed by atoms with E-state index in [-0.39, 0.29) is 0 Å². The number of hydrogen-bond acceptors (Lipinski definition) is 3. The Kier molecular flexibility index (Phi) is 6.49. The monoisotopic (exact) mass is 360 g/mol. The van der Waals surface area contributed by atoms with Crippen molar-refractivity contribution in [3.8, 4) is 0 Å². The zero-order valence-electron chi connectivity index (χ0n) is 11.5. The SMILES string of the molecule is CCCNc1ccc(Cl)c(CSc2ccc(Cl)c(Cl)c2)n1. The molecule has 112 valence electrons. The second-order valence-electron chi connectivity index (χ2n) is 4.42. The summed E-state index contributed by atoms with van der Waals surface area (Å²) in [5, 5.41) is 5.04. The second-order valence-corrected chi connectivity index (χ2v) is 6.69. The molecule has 0 fully saturated rings. The molecule has 2 rings (SSSR count). The smallest absolute Gasteiger partial charge is 0.126 e. The molecule has 0 saturated carbocycles. The van der Waals surface area contributed by atoms with E-state index in [0.29, 0.717) is 20.8 Å². The van der Waals surface area contributed by atoms with Crippen molar-refractivity contribution < 1.29 is 0 Å². The summed E-state index contributed by atoms with van der Waals surface area (Å²) in [7, 11) is 0. The average molecular weight is 362 g/mol. The van der Waals surface area contributed by atoms with Gasteiger partial charge >= 0.3 is 0 Å². The van der Waals surface area contributed by atoms with Crippen molar-refractivity contribution in [2.75, 3.05) is 11.9 Å². The van der Waals surface area contributed by atoms with E-state index in [2.05, 4.69) is 17.2 Å². The highest BCUT2D eigenvalue weighted by atomic mass is 35.5. The topological polar surface area (TPSA) is 24.9 Å². The van der Waals surface area contributed by atoms with Crippen LogP contribution in [-0.2, 0) is 5.75 Å². The summed E-state index contributed by atoms with van der Waals surface area (Å²) in [6.07, 6.45) is 1.05. The molecule has 0 aliphatic rings. The maximum atomic E-state index is 6.20. The van der Waals surface area contributed by atoms with E-state index < -0.39 is 0 Å². The van der Waals surface area contributed by atoms with Crippen molar-refractivity contribution >= 4 is 52.4 Å². The van der Waals surface area contributed by atoms with Crippen LogP contribution in [0.4, 0.5) is 5.82 Å². The minimum absolute atomic E-state index is 0.555. The van der Waals surface area contributed by atoms with E-state index >= 15 is 0 Å². The van der Waals surface area contributed by atoms with Gasteiger partial charge in [0.1, 0.15) is 5.82 Å². The number of nitrogens with one attached hydrogen (secondary N) is 1. The number of nitrogens with zero attached hydrogens (tertiary/aromatic N) is 1. The number of pyridine rings is 1. The fourth-order valence-electron chi connectivity index (χ4n) is 1.66. The van der Waals surface area contributed by atoms with Crippen molar-refractivity contribution in [1.29, 1.82) is 0 Å². The van der Waals surface area contributed by atoms with Crippen molar-refractivity contribution in [1.82, 2.24) is 4.98 Å². The third kappa shape index (κ3) is 4.96. The van der Waals surface area contributed by atoms with Gasteiger partial charge in [-0.05, 0) is 36.8 Å². The molecular formula is C15H15Cl3N2S. The van der Waals surface area contributed by atoms with Gasteiger partial charge in [-0.2, -0.15) is 0 Å². The number of aromatic nitrogens is 1. The Morgan fingerprint density at radius 3 is 2.52 bits per heavy atom. The zero-order valence-corrected chi connectivity index (χ0v) is 14.6. The summed E-state index contributed by atoms with van der Waals surface area (Å²) >= 11 is 19.7. The first kappa shape index (κ1) is 16.8. The molecule has 6 heteroatoms. The largest absolute Gasteiger partial charge is 0.370 e. The van der Waals surface area contributed by atoms with Crippen molar-refractivity contribution in [3.63, 3.8) is 0 Å². The van der Waals surface area contributed by atoms with E-state index in [1.54, 1.807) is 17.8 Å². The van der Waals surface area contributed by atoms with Crippen molar-refractivity contribution in [2.24, 2.45) is 0 Å². The minimum Gasteiger partial charge on any atom is -0.370 e. The maximum Gasteiger partial charge on any atom is 0.126 e. The molecule has 0 aliphatic heterocycles. The molecule has 0 aliphatic carbocycles. The van der Waals surface area contributed by atoms with Crippen LogP contribution in [0.3, 0.4) is 0 Å². The molecule has 0 amide bonds. The fraction of sp³-hybridized carbons (Fsp3) is 0.267. The molecule has 0 saturated heterocycles. The van der Waals surface area contributed by atoms with Gasteiger partial charge in [-0.15, -0.1) is 11.8 Å². The van der Waals surface area contributed by atoms with Gasteiger partial charge in [-0.25, -0.2) is 4.98 Å². The number of halogens is 3. The summed E-state index contributed by atoms with van der Waals surface area (Å²) in [5.74, 6) is 1.53. The van der Waals surface area contributed by atoms with Crippen molar-refractivity contribution in [3.05, 3.63) is 51.1 Å². The second kappa shape index (κ2) is 8.14. The molecule has 21 heavy (non-hydrogen) atoms. The Balaban J connectivity index is 2.06. The minimum atomic E-state index is 0.555. The van der Waals surface area contributed by atoms with E-state index in [9.17, 15) is 0 Å². The summed E-state index contributed by atoms with van der Waals surface area (Å²) in [4.78, 5) is 5.58. The highest BCUT2D eigenvalue weighted by Crippen LogP contribution is 2.31. The lowest BCUT2D eigenvalue weighted by atomic mass is 10.3. The average Bonchev–Trinajstić information content (AvgIpc) is 2.48. The van der Waals surface area contributed by atoms with Gasteiger partial charge < -0.3 is 5.32 Å². The van der Waals surface area contributed by atoms with Gasteiger partial charge in [0.05, 0.1) is 20.8 Å². The molecule has 1 N–H and O–H groups in total. The lowest BCUT2D eigenvalue weighted by Crippen LogP contribution is -2.03.